The fourth-order valence-electron chi connectivity index (χ4n) is 6.69. The second-order valence-corrected chi connectivity index (χ2v) is 30.3. The van der Waals surface area contributed by atoms with Gasteiger partial charge in [-0.15, -0.1) is 0 Å². The predicted octanol–water partition coefficient (Wildman–Crippen LogP) is 21.2. The Labute approximate surface area is 432 Å². The molecule has 2 heteroatoms. The normalized spacial score (nSPS) is 13.0. The van der Waals surface area contributed by atoms with Crippen LogP contribution in [0.1, 0.15) is 254 Å². The molecule has 0 amide bonds. The van der Waals surface area contributed by atoms with Gasteiger partial charge >= 0.3 is 0 Å². The summed E-state index contributed by atoms with van der Waals surface area (Å²) in [5, 5.41) is 0. The third-order valence-corrected chi connectivity index (χ3v) is 11.5. The summed E-state index contributed by atoms with van der Waals surface area (Å²) in [5.74, 6) is 0.852. The van der Waals surface area contributed by atoms with Crippen molar-refractivity contribution in [1.29, 1.82) is 0 Å². The van der Waals surface area contributed by atoms with E-state index in [1.807, 2.05) is 20.8 Å². The van der Waals surface area contributed by atoms with E-state index in [-0.39, 0.29) is 48.9 Å². The van der Waals surface area contributed by atoms with E-state index in [4.69, 9.17) is 9.47 Å². The molecule has 0 aliphatic carbocycles. The van der Waals surface area contributed by atoms with E-state index in [1.165, 1.54) is 58.2 Å². The maximum Gasteiger partial charge on any atom is 0.100 e. The van der Waals surface area contributed by atoms with Crippen LogP contribution >= 0.6 is 0 Å². The number of hydrogen-bond acceptors (Lipinski definition) is 2. The Morgan fingerprint density at radius 1 is 0.377 bits per heavy atom. The lowest BCUT2D eigenvalue weighted by atomic mass is 9.73. The quantitative estimate of drug-likeness (QED) is 0.174. The minimum atomic E-state index is -0.121. The van der Waals surface area contributed by atoms with Crippen molar-refractivity contribution in [2.45, 2.75) is 261 Å². The van der Waals surface area contributed by atoms with Crippen molar-refractivity contribution in [3.63, 3.8) is 0 Å². The molecule has 3 rings (SSSR count). The van der Waals surface area contributed by atoms with Crippen molar-refractivity contribution in [2.24, 2.45) is 27.1 Å². The van der Waals surface area contributed by atoms with Gasteiger partial charge in [0.1, 0.15) is 5.60 Å². The van der Waals surface area contributed by atoms with Gasteiger partial charge in [0.15, 0.2) is 0 Å². The van der Waals surface area contributed by atoms with Crippen LogP contribution in [-0.4, -0.2) is 12.2 Å². The number of allylic oxidation sites excluding steroid dienone is 2. The van der Waals surface area contributed by atoms with Crippen LogP contribution in [0.2, 0.25) is 0 Å². The van der Waals surface area contributed by atoms with E-state index in [0.29, 0.717) is 12.0 Å². The molecule has 0 unspecified atom stereocenters. The summed E-state index contributed by atoms with van der Waals surface area (Å²) in [6.07, 6.45) is 3.80. The van der Waals surface area contributed by atoms with E-state index >= 15 is 0 Å². The summed E-state index contributed by atoms with van der Waals surface area (Å²) in [6.45, 7) is 75.6. The second-order valence-electron chi connectivity index (χ2n) is 30.3. The molecule has 0 atom stereocenters. The van der Waals surface area contributed by atoms with Crippen LogP contribution in [0.5, 0.6) is 0 Å². The van der Waals surface area contributed by atoms with Crippen molar-refractivity contribution in [3.05, 3.63) is 131 Å². The highest BCUT2D eigenvalue weighted by atomic mass is 16.5. The number of ether oxygens (including phenoxy) is 2. The molecule has 0 fully saturated rings. The molecule has 0 radical (unpaired) electrons. The van der Waals surface area contributed by atoms with Crippen molar-refractivity contribution in [2.75, 3.05) is 6.61 Å². The molecular weight excluding hydrogens is 837 g/mol. The lowest BCUT2D eigenvalue weighted by Gasteiger charge is -2.32. The summed E-state index contributed by atoms with van der Waals surface area (Å²) >= 11 is 0. The fourth-order valence-corrected chi connectivity index (χ4v) is 6.69. The van der Waals surface area contributed by atoms with Gasteiger partial charge in [-0.25, -0.2) is 0 Å². The van der Waals surface area contributed by atoms with Gasteiger partial charge in [-0.1, -0.05) is 278 Å². The second kappa shape index (κ2) is 26.6. The predicted molar refractivity (Wildman–Crippen MR) is 313 cm³/mol. The first-order valence-electron chi connectivity index (χ1n) is 26.3. The smallest absolute Gasteiger partial charge is 0.100 e. The summed E-state index contributed by atoms with van der Waals surface area (Å²) in [7, 11) is 0. The van der Waals surface area contributed by atoms with Crippen LogP contribution < -0.4 is 0 Å². The standard InChI is InChI=1S/C17H28.C16H26O.C14H22.C10H20O.C10H20/c1-16(2,3)13-7-8-14-9-11-15(12-10-14)17(4,5)6;1-15(2,3)12-17-11-13-7-9-14(10-8-13)16(4,5)6;1-13(2,3)11-7-9-12(10-8-11)14(4,5)6;1-8(9(2,3)4)11-10(5,6)7;1-8(9(2,3)4)10(5,6)7/h9-12H,7-8,13H2,1-6H3;7-10H,11-12H2,1-6H3;7-10H,1-6H3;1H2,2-7H3;1H2,2-7H3. The molecule has 2 nitrogen and oxygen atoms in total. The lowest BCUT2D eigenvalue weighted by molar-refractivity contribution is 0.0226. The molecule has 0 N–H and O–H groups in total. The molecule has 3 aromatic rings. The number of aryl methyl sites for hydroxylation is 1. The van der Waals surface area contributed by atoms with Gasteiger partial charge in [-0.05, 0) is 117 Å². The molecule has 0 spiro atoms. The van der Waals surface area contributed by atoms with E-state index in [1.54, 1.807) is 0 Å². The first kappa shape index (κ1) is 68.0. The fraction of sp³-hybridized carbons (Fsp3) is 0.672. The maximum absolute atomic E-state index is 5.71. The molecule has 0 aliphatic rings. The Morgan fingerprint density at radius 2 is 0.667 bits per heavy atom. The van der Waals surface area contributed by atoms with Crippen LogP contribution in [-0.2, 0) is 44.2 Å². The molecule has 0 heterocycles. The summed E-state index contributed by atoms with van der Waals surface area (Å²) in [6, 6.07) is 26.9. The van der Waals surface area contributed by atoms with E-state index in [0.717, 1.165) is 12.4 Å². The number of benzene rings is 3. The van der Waals surface area contributed by atoms with Crippen LogP contribution in [0.25, 0.3) is 0 Å². The Bertz CT molecular complexity index is 1760. The molecular formula is C67H116O2. The largest absolute Gasteiger partial charge is 0.493 e. The minimum absolute atomic E-state index is 0.0489. The zero-order valence-corrected chi connectivity index (χ0v) is 51.7. The van der Waals surface area contributed by atoms with Gasteiger partial charge in [0.25, 0.3) is 0 Å². The van der Waals surface area contributed by atoms with Gasteiger partial charge in [0, 0.05) is 5.41 Å². The third kappa shape index (κ3) is 33.2. The Morgan fingerprint density at radius 3 is 0.870 bits per heavy atom. The van der Waals surface area contributed by atoms with Gasteiger partial charge in [-0.2, -0.15) is 0 Å². The Kier molecular flexibility index (Phi) is 26.2. The minimum Gasteiger partial charge on any atom is -0.493 e. The zero-order valence-electron chi connectivity index (χ0n) is 51.7. The molecule has 69 heavy (non-hydrogen) atoms. The third-order valence-electron chi connectivity index (χ3n) is 11.5. The SMILES string of the molecule is C=C(C(C)(C)C)C(C)(C)C.C=C(OC(C)(C)C)C(C)(C)C.CC(C)(C)CCCc1ccc(C(C)(C)C)cc1.CC(C)(C)COCc1ccc(C(C)(C)C)cc1.CC(C)(C)c1ccc(C(C)(C)C)cc1. The van der Waals surface area contributed by atoms with Crippen molar-refractivity contribution >= 4 is 0 Å². The highest BCUT2D eigenvalue weighted by Crippen LogP contribution is 2.37. The summed E-state index contributed by atoms with van der Waals surface area (Å²) in [5.41, 5.74) is 11.8. The van der Waals surface area contributed by atoms with Crippen LogP contribution in [0.3, 0.4) is 0 Å². The summed E-state index contributed by atoms with van der Waals surface area (Å²) in [4.78, 5) is 0. The first-order valence-corrected chi connectivity index (χ1v) is 26.3. The van der Waals surface area contributed by atoms with Gasteiger partial charge in [0.05, 0.1) is 19.0 Å². The molecule has 0 aliphatic heterocycles. The lowest BCUT2D eigenvalue weighted by Crippen LogP contribution is -2.23. The molecule has 3 aromatic carbocycles. The van der Waals surface area contributed by atoms with E-state index in [2.05, 4.69) is 273 Å². The topological polar surface area (TPSA) is 18.5 Å². The molecule has 0 aromatic heterocycles. The highest BCUT2D eigenvalue weighted by molar-refractivity contribution is 5.31. The van der Waals surface area contributed by atoms with Crippen LogP contribution in [0.15, 0.2) is 97.3 Å². The van der Waals surface area contributed by atoms with Gasteiger partial charge in [-0.3, -0.25) is 0 Å². The average Bonchev–Trinajstić information content (AvgIpc) is 3.12. The van der Waals surface area contributed by atoms with Gasteiger partial charge < -0.3 is 9.47 Å². The van der Waals surface area contributed by atoms with E-state index in [9.17, 15) is 0 Å². The van der Waals surface area contributed by atoms with Crippen molar-refractivity contribution in [1.82, 2.24) is 0 Å². The van der Waals surface area contributed by atoms with Crippen LogP contribution in [0.4, 0.5) is 0 Å². The van der Waals surface area contributed by atoms with E-state index < -0.39 is 0 Å². The highest BCUT2D eigenvalue weighted by Gasteiger charge is 2.26. The monoisotopic (exact) mass is 953 g/mol. The number of hydrogen-bond donors (Lipinski definition) is 0. The molecule has 396 valence electrons. The Balaban J connectivity index is 0. The Hall–Kier alpha value is -3.10. The van der Waals surface area contributed by atoms with Crippen LogP contribution in [0, 0.1) is 27.1 Å². The molecule has 0 bridgehead atoms. The maximum atomic E-state index is 5.71. The van der Waals surface area contributed by atoms with Crippen molar-refractivity contribution < 1.29 is 9.47 Å². The zero-order chi connectivity index (χ0) is 55.1. The molecule has 0 saturated carbocycles. The van der Waals surface area contributed by atoms with Crippen molar-refractivity contribution in [3.8, 4) is 0 Å². The first-order chi connectivity index (χ1) is 30.4. The average molecular weight is 954 g/mol. The molecule has 0 saturated heterocycles. The number of rotatable bonds is 7. The van der Waals surface area contributed by atoms with Gasteiger partial charge in [0.2, 0.25) is 0 Å². The summed E-state index contributed by atoms with van der Waals surface area (Å²) < 4.78 is 11.3.